The Morgan fingerprint density at radius 2 is 1.87 bits per heavy atom. The summed E-state index contributed by atoms with van der Waals surface area (Å²) < 4.78 is 4.85. The van der Waals surface area contributed by atoms with Crippen LogP contribution in [-0.4, -0.2) is 17.7 Å². The Morgan fingerprint density at radius 3 is 2.27 bits per heavy atom. The first-order chi connectivity index (χ1) is 6.95. The topological polar surface area (TPSA) is 46.5 Å². The number of hydrogen-bond acceptors (Lipinski definition) is 3. The molecule has 0 unspecified atom stereocenters. The Bertz CT molecular complexity index is 333. The Hall–Kier alpha value is -1.35. The highest BCUT2D eigenvalue weighted by Crippen LogP contribution is 2.19. The van der Waals surface area contributed by atoms with Crippen LogP contribution < -0.4 is 0 Å². The highest BCUT2D eigenvalue weighted by molar-refractivity contribution is 5.89. The molecule has 0 radical (unpaired) electrons. The quantitative estimate of drug-likeness (QED) is 0.774. The third-order valence-electron chi connectivity index (χ3n) is 2.10. The van der Waals surface area contributed by atoms with Gasteiger partial charge in [-0.15, -0.1) is 0 Å². The van der Waals surface area contributed by atoms with Gasteiger partial charge >= 0.3 is 5.97 Å². The second-order valence-corrected chi connectivity index (χ2v) is 3.86. The largest absolute Gasteiger partial charge is 0.462 e. The number of hydrogen-bond donors (Lipinski definition) is 1. The molecule has 0 heterocycles. The van der Waals surface area contributed by atoms with E-state index < -0.39 is 5.60 Å². The highest BCUT2D eigenvalue weighted by Gasteiger charge is 2.16. The van der Waals surface area contributed by atoms with Crippen LogP contribution in [0.15, 0.2) is 24.3 Å². The molecule has 0 saturated heterocycles. The molecule has 0 aromatic heterocycles. The minimum absolute atomic E-state index is 0.334. The van der Waals surface area contributed by atoms with E-state index in [1.54, 1.807) is 45.0 Å². The molecule has 1 aromatic rings. The average Bonchev–Trinajstić information content (AvgIpc) is 2.17. The number of carbonyl (C=O) groups is 1. The van der Waals surface area contributed by atoms with E-state index in [9.17, 15) is 9.90 Å². The van der Waals surface area contributed by atoms with Gasteiger partial charge < -0.3 is 9.84 Å². The SMILES string of the molecule is CCOC(=O)c1ccc(C(C)(C)O)cc1. The van der Waals surface area contributed by atoms with Gasteiger partial charge in [0.05, 0.1) is 17.8 Å². The van der Waals surface area contributed by atoms with Crippen LogP contribution in [0.1, 0.15) is 36.7 Å². The Labute approximate surface area is 89.7 Å². The minimum atomic E-state index is -0.882. The van der Waals surface area contributed by atoms with Crippen molar-refractivity contribution in [3.05, 3.63) is 35.4 Å². The van der Waals surface area contributed by atoms with Crippen LogP contribution in [-0.2, 0) is 10.3 Å². The molecule has 0 aliphatic heterocycles. The van der Waals surface area contributed by atoms with E-state index in [0.29, 0.717) is 12.2 Å². The first-order valence-corrected chi connectivity index (χ1v) is 4.95. The molecule has 1 N–H and O–H groups in total. The van der Waals surface area contributed by atoms with Crippen LogP contribution in [0.4, 0.5) is 0 Å². The van der Waals surface area contributed by atoms with E-state index in [1.165, 1.54) is 0 Å². The summed E-state index contributed by atoms with van der Waals surface area (Å²) in [4.78, 5) is 11.3. The lowest BCUT2D eigenvalue weighted by Gasteiger charge is -2.17. The summed E-state index contributed by atoms with van der Waals surface area (Å²) in [6.45, 7) is 5.54. The van der Waals surface area contributed by atoms with Crippen LogP contribution in [0, 0.1) is 0 Å². The number of carbonyl (C=O) groups excluding carboxylic acids is 1. The van der Waals surface area contributed by atoms with E-state index in [4.69, 9.17) is 4.74 Å². The van der Waals surface area contributed by atoms with Crippen molar-refractivity contribution in [2.75, 3.05) is 6.61 Å². The van der Waals surface area contributed by atoms with Crippen LogP contribution in [0.3, 0.4) is 0 Å². The van der Waals surface area contributed by atoms with Crippen LogP contribution in [0.25, 0.3) is 0 Å². The van der Waals surface area contributed by atoms with Crippen molar-refractivity contribution in [2.24, 2.45) is 0 Å². The van der Waals surface area contributed by atoms with Gasteiger partial charge in [-0.2, -0.15) is 0 Å². The smallest absolute Gasteiger partial charge is 0.338 e. The van der Waals surface area contributed by atoms with Crippen LogP contribution >= 0.6 is 0 Å². The Balaban J connectivity index is 2.86. The third kappa shape index (κ3) is 3.06. The fourth-order valence-corrected chi connectivity index (χ4v) is 1.23. The number of benzene rings is 1. The van der Waals surface area contributed by atoms with Crippen molar-refractivity contribution in [1.29, 1.82) is 0 Å². The number of aliphatic hydroxyl groups is 1. The standard InChI is InChI=1S/C12H16O3/c1-4-15-11(13)9-5-7-10(8-6-9)12(2,3)14/h5-8,14H,4H2,1-3H3. The van der Waals surface area contributed by atoms with E-state index in [0.717, 1.165) is 5.56 Å². The van der Waals surface area contributed by atoms with Crippen molar-refractivity contribution in [2.45, 2.75) is 26.4 Å². The molecule has 0 aliphatic rings. The molecule has 3 nitrogen and oxygen atoms in total. The summed E-state index contributed by atoms with van der Waals surface area (Å²) in [5, 5.41) is 9.71. The van der Waals surface area contributed by atoms with E-state index in [-0.39, 0.29) is 5.97 Å². The molecule has 0 saturated carbocycles. The first kappa shape index (κ1) is 11.7. The minimum Gasteiger partial charge on any atom is -0.462 e. The summed E-state index contributed by atoms with van der Waals surface area (Å²) in [5.74, 6) is -0.334. The molecule has 1 rings (SSSR count). The molecule has 1 aromatic carbocycles. The van der Waals surface area contributed by atoms with Gasteiger partial charge in [0, 0.05) is 0 Å². The second-order valence-electron chi connectivity index (χ2n) is 3.86. The van der Waals surface area contributed by atoms with E-state index in [1.807, 2.05) is 0 Å². The second kappa shape index (κ2) is 4.45. The normalized spacial score (nSPS) is 11.2. The zero-order valence-corrected chi connectivity index (χ0v) is 9.28. The predicted molar refractivity (Wildman–Crippen MR) is 57.6 cm³/mol. The van der Waals surface area contributed by atoms with Crippen molar-refractivity contribution < 1.29 is 14.6 Å². The molecule has 15 heavy (non-hydrogen) atoms. The summed E-state index contributed by atoms with van der Waals surface area (Å²) >= 11 is 0. The van der Waals surface area contributed by atoms with E-state index >= 15 is 0 Å². The van der Waals surface area contributed by atoms with Crippen molar-refractivity contribution in [3.63, 3.8) is 0 Å². The average molecular weight is 208 g/mol. The zero-order valence-electron chi connectivity index (χ0n) is 9.28. The summed E-state index contributed by atoms with van der Waals surface area (Å²) in [5.41, 5.74) is 0.396. The summed E-state index contributed by atoms with van der Waals surface area (Å²) in [7, 11) is 0. The molecule has 0 atom stereocenters. The third-order valence-corrected chi connectivity index (χ3v) is 2.10. The van der Waals surface area contributed by atoms with Gasteiger partial charge in [-0.05, 0) is 38.5 Å². The number of ether oxygens (including phenoxy) is 1. The van der Waals surface area contributed by atoms with Gasteiger partial charge in [0.15, 0.2) is 0 Å². The van der Waals surface area contributed by atoms with Gasteiger partial charge in [0.25, 0.3) is 0 Å². The fourth-order valence-electron chi connectivity index (χ4n) is 1.23. The van der Waals surface area contributed by atoms with Crippen molar-refractivity contribution in [3.8, 4) is 0 Å². The number of esters is 1. The van der Waals surface area contributed by atoms with Gasteiger partial charge in [-0.1, -0.05) is 12.1 Å². The summed E-state index contributed by atoms with van der Waals surface area (Å²) in [6, 6.07) is 6.77. The maximum Gasteiger partial charge on any atom is 0.338 e. The molecule has 82 valence electrons. The van der Waals surface area contributed by atoms with Gasteiger partial charge in [-0.25, -0.2) is 4.79 Å². The Morgan fingerprint density at radius 1 is 1.33 bits per heavy atom. The predicted octanol–water partition coefficient (Wildman–Crippen LogP) is 2.09. The molecule has 0 bridgehead atoms. The van der Waals surface area contributed by atoms with Gasteiger partial charge in [0.2, 0.25) is 0 Å². The summed E-state index contributed by atoms with van der Waals surface area (Å²) in [6.07, 6.45) is 0. The molecule has 0 fully saturated rings. The van der Waals surface area contributed by atoms with Gasteiger partial charge in [0.1, 0.15) is 0 Å². The Kier molecular flexibility index (Phi) is 3.48. The van der Waals surface area contributed by atoms with Crippen LogP contribution in [0.2, 0.25) is 0 Å². The van der Waals surface area contributed by atoms with Crippen LogP contribution in [0.5, 0.6) is 0 Å². The maximum atomic E-state index is 11.3. The van der Waals surface area contributed by atoms with E-state index in [2.05, 4.69) is 0 Å². The molecule has 0 amide bonds. The fraction of sp³-hybridized carbons (Fsp3) is 0.417. The molecular formula is C12H16O3. The first-order valence-electron chi connectivity index (χ1n) is 4.95. The molecular weight excluding hydrogens is 192 g/mol. The van der Waals surface area contributed by atoms with Crippen molar-refractivity contribution >= 4 is 5.97 Å². The highest BCUT2D eigenvalue weighted by atomic mass is 16.5. The zero-order chi connectivity index (χ0) is 11.5. The lowest BCUT2D eigenvalue weighted by Crippen LogP contribution is -2.15. The number of rotatable bonds is 3. The molecule has 3 heteroatoms. The van der Waals surface area contributed by atoms with Crippen molar-refractivity contribution in [1.82, 2.24) is 0 Å². The van der Waals surface area contributed by atoms with Gasteiger partial charge in [-0.3, -0.25) is 0 Å². The maximum absolute atomic E-state index is 11.3. The molecule has 0 aliphatic carbocycles. The monoisotopic (exact) mass is 208 g/mol. The lowest BCUT2D eigenvalue weighted by atomic mass is 9.97. The molecule has 0 spiro atoms. The lowest BCUT2D eigenvalue weighted by molar-refractivity contribution is 0.0524.